The molecule has 252 valence electrons. The molecule has 0 amide bonds. The Bertz CT molecular complexity index is 2130. The molecule has 4 atom stereocenters. The van der Waals surface area contributed by atoms with Crippen molar-refractivity contribution in [2.75, 3.05) is 57.1 Å². The maximum atomic E-state index is 17.0. The third kappa shape index (κ3) is 4.65. The van der Waals surface area contributed by atoms with Crippen molar-refractivity contribution in [2.24, 2.45) is 5.92 Å². The summed E-state index contributed by atoms with van der Waals surface area (Å²) in [6, 6.07) is 1.11. The number of hydrogen-bond donors (Lipinski definition) is 1. The minimum absolute atomic E-state index is 0.0372. The van der Waals surface area contributed by atoms with E-state index in [-0.39, 0.29) is 54.8 Å². The molecule has 15 heteroatoms. The molecule has 3 aliphatic heterocycles. The van der Waals surface area contributed by atoms with Crippen LogP contribution in [0.15, 0.2) is 30.2 Å². The molecule has 8 rings (SSSR count). The number of hydrogen-bond acceptors (Lipinski definition) is 9. The van der Waals surface area contributed by atoms with Gasteiger partial charge in [0.1, 0.15) is 29.8 Å². The van der Waals surface area contributed by atoms with Crippen LogP contribution in [-0.2, 0) is 4.74 Å². The Morgan fingerprint density at radius 2 is 1.98 bits per heavy atom. The first kappa shape index (κ1) is 27.6. The van der Waals surface area contributed by atoms with E-state index in [1.54, 1.807) is 4.90 Å². The summed E-state index contributed by atoms with van der Waals surface area (Å²) in [4.78, 5) is 17.0. The summed E-state index contributed by atoms with van der Waals surface area (Å²) in [6.07, 6.45) is 2.52. The number of benzene rings is 2. The molecule has 4 aromatic rings. The SMILES string of the molecule is [2H]C([2H])([2H])Oc1c(F)c(F)c(F)c2cc(N)cc(-c3ncc4c(N5CCOC[C@H]6[C@H](F)[C@H]65)nc(OC[C@@]56CCCN5C/C(=C\F)C6)nc4c3F)c12. The van der Waals surface area contributed by atoms with Gasteiger partial charge in [-0.3, -0.25) is 9.88 Å². The molecular formula is C33H30F6N6O3. The smallest absolute Gasteiger partial charge is 0.319 e. The van der Waals surface area contributed by atoms with Crippen molar-refractivity contribution in [3.05, 3.63) is 53.5 Å². The number of fused-ring (bicyclic) bond motifs is 4. The molecule has 2 N–H and O–H groups in total. The fraction of sp³-hybridized carbons (Fsp3) is 0.424. The van der Waals surface area contributed by atoms with Gasteiger partial charge < -0.3 is 24.8 Å². The van der Waals surface area contributed by atoms with Gasteiger partial charge in [-0.25, -0.2) is 22.0 Å². The number of alkyl halides is 1. The first-order valence-electron chi connectivity index (χ1n) is 16.9. The number of rotatable bonds is 6. The monoisotopic (exact) mass is 675 g/mol. The quantitative estimate of drug-likeness (QED) is 0.158. The lowest BCUT2D eigenvalue weighted by Gasteiger charge is -2.31. The average Bonchev–Trinajstić information content (AvgIpc) is 3.45. The molecule has 0 bridgehead atoms. The molecule has 0 spiro atoms. The lowest BCUT2D eigenvalue weighted by atomic mass is 9.94. The van der Waals surface area contributed by atoms with Crippen molar-refractivity contribution in [1.29, 1.82) is 0 Å². The summed E-state index contributed by atoms with van der Waals surface area (Å²) in [5.74, 6) is -8.39. The predicted octanol–water partition coefficient (Wildman–Crippen LogP) is 5.64. The van der Waals surface area contributed by atoms with Crippen LogP contribution in [0.1, 0.15) is 23.4 Å². The third-order valence-electron chi connectivity index (χ3n) is 9.98. The maximum absolute atomic E-state index is 17.0. The Kier molecular flexibility index (Phi) is 6.53. The number of halogens is 6. The largest absolute Gasteiger partial charge is 0.493 e. The molecule has 2 aromatic heterocycles. The van der Waals surface area contributed by atoms with E-state index in [9.17, 15) is 13.2 Å². The average molecular weight is 676 g/mol. The van der Waals surface area contributed by atoms with Crippen LogP contribution < -0.4 is 20.1 Å². The standard InChI is InChI=1S/C33H30F6N6O3/c1-46-30-21-17(22(35)24(37)25(30)38)7-16(40)8-18(21)27-26(39)28-19(11-41-27)31(45-5-6-47-13-20-23(36)29(20)45)43-32(42-28)48-14-33-3-2-4-44(33)12-15(9-33)10-34/h7-8,10-11,20,23,29H,2-6,9,12-14,40H2,1H3/b15-10-/t20-,23-,29-,33-/m0/s1/i1D3. The number of ether oxygens (including phenoxy) is 3. The number of nitrogen functional groups attached to an aromatic ring is 1. The molecule has 1 aliphatic carbocycles. The van der Waals surface area contributed by atoms with Crippen LogP contribution >= 0.6 is 0 Å². The highest BCUT2D eigenvalue weighted by Crippen LogP contribution is 2.47. The molecule has 9 nitrogen and oxygen atoms in total. The van der Waals surface area contributed by atoms with Gasteiger partial charge in [-0.2, -0.15) is 14.4 Å². The lowest BCUT2D eigenvalue weighted by molar-refractivity contribution is 0.108. The van der Waals surface area contributed by atoms with E-state index in [1.165, 1.54) is 6.20 Å². The van der Waals surface area contributed by atoms with Gasteiger partial charge in [0.05, 0.1) is 47.7 Å². The fourth-order valence-electron chi connectivity index (χ4n) is 7.62. The van der Waals surface area contributed by atoms with E-state index in [0.717, 1.165) is 25.1 Å². The Morgan fingerprint density at radius 1 is 1.12 bits per heavy atom. The Labute approximate surface area is 274 Å². The van der Waals surface area contributed by atoms with Gasteiger partial charge in [-0.15, -0.1) is 0 Å². The molecular weight excluding hydrogens is 642 g/mol. The number of nitrogens with two attached hydrogens (primary N) is 1. The van der Waals surface area contributed by atoms with Gasteiger partial charge in [0.2, 0.25) is 5.82 Å². The van der Waals surface area contributed by atoms with Gasteiger partial charge in [-0.1, -0.05) is 0 Å². The number of aromatic nitrogens is 3. The van der Waals surface area contributed by atoms with E-state index in [1.807, 2.05) is 0 Å². The highest BCUT2D eigenvalue weighted by molar-refractivity contribution is 6.04. The van der Waals surface area contributed by atoms with Crippen LogP contribution in [-0.4, -0.2) is 84.1 Å². The first-order chi connectivity index (χ1) is 24.3. The molecule has 3 saturated heterocycles. The van der Waals surface area contributed by atoms with Crippen LogP contribution in [0.25, 0.3) is 32.9 Å². The number of methoxy groups -OCH3 is 1. The zero-order chi connectivity index (χ0) is 36.0. The van der Waals surface area contributed by atoms with Crippen molar-refractivity contribution in [3.63, 3.8) is 0 Å². The number of nitrogens with zero attached hydrogens (tertiary/aromatic N) is 5. The number of pyridine rings is 1. The van der Waals surface area contributed by atoms with Crippen molar-refractivity contribution >= 4 is 33.2 Å². The predicted molar refractivity (Wildman–Crippen MR) is 164 cm³/mol. The summed E-state index contributed by atoms with van der Waals surface area (Å²) >= 11 is 0. The molecule has 4 fully saturated rings. The minimum atomic E-state index is -3.32. The van der Waals surface area contributed by atoms with Crippen molar-refractivity contribution in [1.82, 2.24) is 19.9 Å². The summed E-state index contributed by atoms with van der Waals surface area (Å²) in [6.45, 7) is 1.81. The van der Waals surface area contributed by atoms with Gasteiger partial charge in [0.15, 0.2) is 23.2 Å². The van der Waals surface area contributed by atoms with Gasteiger partial charge in [-0.05, 0) is 43.5 Å². The summed E-state index contributed by atoms with van der Waals surface area (Å²) in [5.41, 5.74) is 4.48. The fourth-order valence-corrected chi connectivity index (χ4v) is 7.62. The van der Waals surface area contributed by atoms with Crippen LogP contribution in [0.4, 0.5) is 37.8 Å². The minimum Gasteiger partial charge on any atom is -0.493 e. The molecule has 0 radical (unpaired) electrons. The van der Waals surface area contributed by atoms with Gasteiger partial charge in [0.25, 0.3) is 0 Å². The topological polar surface area (TPSA) is 98.9 Å². The highest BCUT2D eigenvalue weighted by Gasteiger charge is 2.56. The third-order valence-corrected chi connectivity index (χ3v) is 9.98. The highest BCUT2D eigenvalue weighted by atomic mass is 19.2. The van der Waals surface area contributed by atoms with Crippen LogP contribution in [0, 0.1) is 29.2 Å². The van der Waals surface area contributed by atoms with E-state index in [0.29, 0.717) is 31.3 Å². The van der Waals surface area contributed by atoms with Crippen LogP contribution in [0.5, 0.6) is 11.8 Å². The van der Waals surface area contributed by atoms with Crippen molar-refractivity contribution in [2.45, 2.75) is 37.0 Å². The Balaban J connectivity index is 1.31. The summed E-state index contributed by atoms with van der Waals surface area (Å²) in [5, 5.41) is -1.28. The Hall–Kier alpha value is -4.37. The zero-order valence-corrected chi connectivity index (χ0v) is 25.2. The van der Waals surface area contributed by atoms with Crippen LogP contribution in [0.2, 0.25) is 0 Å². The van der Waals surface area contributed by atoms with Crippen molar-refractivity contribution < 1.29 is 44.7 Å². The van der Waals surface area contributed by atoms with Gasteiger partial charge in [0, 0.05) is 47.2 Å². The summed E-state index contributed by atoms with van der Waals surface area (Å²) in [7, 11) is -3.32. The number of anilines is 2. The van der Waals surface area contributed by atoms with Crippen LogP contribution in [0.3, 0.4) is 0 Å². The van der Waals surface area contributed by atoms with Gasteiger partial charge >= 0.3 is 6.01 Å². The lowest BCUT2D eigenvalue weighted by Crippen LogP contribution is -2.43. The first-order valence-corrected chi connectivity index (χ1v) is 15.4. The molecule has 5 heterocycles. The second-order valence-electron chi connectivity index (χ2n) is 12.7. The van der Waals surface area contributed by atoms with E-state index < -0.39 is 81.8 Å². The molecule has 2 aromatic carbocycles. The maximum Gasteiger partial charge on any atom is 0.319 e. The summed E-state index contributed by atoms with van der Waals surface area (Å²) < 4.78 is 130. The Morgan fingerprint density at radius 3 is 2.79 bits per heavy atom. The second-order valence-corrected chi connectivity index (χ2v) is 12.7. The molecule has 4 aliphatic rings. The van der Waals surface area contributed by atoms with E-state index in [2.05, 4.69) is 19.9 Å². The van der Waals surface area contributed by atoms with E-state index >= 15 is 13.2 Å². The van der Waals surface area contributed by atoms with Crippen molar-refractivity contribution in [3.8, 4) is 23.0 Å². The zero-order valence-electron chi connectivity index (χ0n) is 28.2. The normalized spacial score (nSPS) is 27.5. The second kappa shape index (κ2) is 11.4. The molecule has 1 saturated carbocycles. The van der Waals surface area contributed by atoms with E-state index in [4.69, 9.17) is 24.1 Å². The molecule has 48 heavy (non-hydrogen) atoms. The molecule has 0 unspecified atom stereocenters.